The van der Waals surface area contributed by atoms with Gasteiger partial charge in [0.2, 0.25) is 0 Å². The van der Waals surface area contributed by atoms with Gasteiger partial charge >= 0.3 is 0 Å². The van der Waals surface area contributed by atoms with Crippen LogP contribution in [0.4, 0.5) is 10.1 Å². The zero-order valence-electron chi connectivity index (χ0n) is 8.16. The number of hydrogen-bond donors (Lipinski definition) is 2. The highest BCUT2D eigenvalue weighted by Gasteiger charge is 2.09. The maximum Gasteiger partial charge on any atom is 0.285 e. The molecule has 1 aliphatic heterocycles. The molecule has 1 aromatic rings. The van der Waals surface area contributed by atoms with E-state index in [0.29, 0.717) is 31.3 Å². The van der Waals surface area contributed by atoms with Gasteiger partial charge in [0, 0.05) is 12.1 Å². The lowest BCUT2D eigenvalue weighted by Gasteiger charge is -2.07. The van der Waals surface area contributed by atoms with Gasteiger partial charge in [-0.1, -0.05) is 12.1 Å². The number of nitrogen functional groups attached to an aromatic ring is 1. The van der Waals surface area contributed by atoms with E-state index in [4.69, 9.17) is 10.5 Å². The van der Waals surface area contributed by atoms with Crippen molar-refractivity contribution in [3.8, 4) is 0 Å². The highest BCUT2D eigenvalue weighted by Crippen LogP contribution is 2.14. The SMILES string of the molecule is Nc1cccc(CNC2=NCCO2)c1F. The number of nitrogens with zero attached hydrogens (tertiary/aromatic N) is 1. The second kappa shape index (κ2) is 4.16. The number of anilines is 1. The zero-order chi connectivity index (χ0) is 10.7. The quantitative estimate of drug-likeness (QED) is 0.711. The summed E-state index contributed by atoms with van der Waals surface area (Å²) in [5.41, 5.74) is 6.10. The van der Waals surface area contributed by atoms with Crippen molar-refractivity contribution in [1.29, 1.82) is 0 Å². The minimum atomic E-state index is -0.386. The number of aliphatic imine (C=N–C) groups is 1. The second-order valence-electron chi connectivity index (χ2n) is 3.21. The summed E-state index contributed by atoms with van der Waals surface area (Å²) < 4.78 is 18.6. The molecule has 0 radical (unpaired) electrons. The molecule has 1 aliphatic rings. The lowest BCUT2D eigenvalue weighted by Crippen LogP contribution is -2.23. The van der Waals surface area contributed by atoms with Crippen LogP contribution in [0.3, 0.4) is 0 Å². The Bertz CT molecular complexity index is 392. The topological polar surface area (TPSA) is 59.6 Å². The summed E-state index contributed by atoms with van der Waals surface area (Å²) in [5.74, 6) is -0.386. The number of amidine groups is 1. The molecule has 0 aromatic heterocycles. The number of nitrogens with two attached hydrogens (primary N) is 1. The van der Waals surface area contributed by atoms with Crippen molar-refractivity contribution in [1.82, 2.24) is 5.32 Å². The highest BCUT2D eigenvalue weighted by atomic mass is 19.1. The number of nitrogens with one attached hydrogen (secondary N) is 1. The maximum absolute atomic E-state index is 13.4. The molecular formula is C10H12FN3O. The molecule has 0 saturated heterocycles. The van der Waals surface area contributed by atoms with Crippen LogP contribution in [0.1, 0.15) is 5.56 Å². The largest absolute Gasteiger partial charge is 0.463 e. The van der Waals surface area contributed by atoms with Gasteiger partial charge in [-0.3, -0.25) is 0 Å². The van der Waals surface area contributed by atoms with E-state index >= 15 is 0 Å². The Labute approximate surface area is 86.9 Å². The van der Waals surface area contributed by atoms with Crippen molar-refractivity contribution >= 4 is 11.7 Å². The molecule has 1 heterocycles. The van der Waals surface area contributed by atoms with Crippen LogP contribution < -0.4 is 11.1 Å². The predicted molar refractivity (Wildman–Crippen MR) is 55.9 cm³/mol. The Morgan fingerprint density at radius 1 is 1.53 bits per heavy atom. The normalized spacial score (nSPS) is 14.6. The van der Waals surface area contributed by atoms with Crippen LogP contribution in [0.15, 0.2) is 23.2 Å². The summed E-state index contributed by atoms with van der Waals surface area (Å²) in [6.07, 6.45) is 0. The smallest absolute Gasteiger partial charge is 0.285 e. The van der Waals surface area contributed by atoms with Crippen LogP contribution in [0.2, 0.25) is 0 Å². The molecule has 0 fully saturated rings. The van der Waals surface area contributed by atoms with E-state index in [1.165, 1.54) is 6.07 Å². The first-order valence-electron chi connectivity index (χ1n) is 4.71. The molecule has 0 saturated carbocycles. The van der Waals surface area contributed by atoms with Crippen LogP contribution in [0.25, 0.3) is 0 Å². The molecule has 0 atom stereocenters. The van der Waals surface area contributed by atoms with Gasteiger partial charge < -0.3 is 15.8 Å². The number of hydrogen-bond acceptors (Lipinski definition) is 4. The minimum absolute atomic E-state index is 0.156. The Balaban J connectivity index is 2.01. The molecule has 5 heteroatoms. The van der Waals surface area contributed by atoms with E-state index < -0.39 is 0 Å². The fourth-order valence-corrected chi connectivity index (χ4v) is 1.35. The standard InChI is InChI=1S/C10H12FN3O/c11-9-7(2-1-3-8(9)12)6-14-10-13-4-5-15-10/h1-3H,4-6,12H2,(H,13,14). The van der Waals surface area contributed by atoms with E-state index in [9.17, 15) is 4.39 Å². The first-order valence-corrected chi connectivity index (χ1v) is 4.71. The fourth-order valence-electron chi connectivity index (χ4n) is 1.35. The van der Waals surface area contributed by atoms with E-state index in [-0.39, 0.29) is 11.5 Å². The van der Waals surface area contributed by atoms with Gasteiger partial charge in [0.05, 0.1) is 12.2 Å². The van der Waals surface area contributed by atoms with E-state index in [2.05, 4.69) is 10.3 Å². The van der Waals surface area contributed by atoms with Crippen molar-refractivity contribution in [2.24, 2.45) is 4.99 Å². The molecule has 0 bridgehead atoms. The summed E-state index contributed by atoms with van der Waals surface area (Å²) in [6.45, 7) is 1.57. The van der Waals surface area contributed by atoms with Gasteiger partial charge in [-0.05, 0) is 6.07 Å². The fraction of sp³-hybridized carbons (Fsp3) is 0.300. The van der Waals surface area contributed by atoms with Crippen molar-refractivity contribution < 1.29 is 9.13 Å². The third kappa shape index (κ3) is 2.18. The van der Waals surface area contributed by atoms with Gasteiger partial charge in [-0.25, -0.2) is 9.38 Å². The molecule has 4 nitrogen and oxygen atoms in total. The third-order valence-electron chi connectivity index (χ3n) is 2.12. The molecule has 0 spiro atoms. The van der Waals surface area contributed by atoms with E-state index in [1.54, 1.807) is 12.1 Å². The van der Waals surface area contributed by atoms with Gasteiger partial charge in [0.25, 0.3) is 6.02 Å². The van der Waals surface area contributed by atoms with Gasteiger partial charge in [-0.2, -0.15) is 0 Å². The highest BCUT2D eigenvalue weighted by molar-refractivity contribution is 5.74. The molecule has 0 amide bonds. The summed E-state index contributed by atoms with van der Waals surface area (Å²) in [6, 6.07) is 5.39. The van der Waals surface area contributed by atoms with Crippen LogP contribution in [-0.2, 0) is 11.3 Å². The molecule has 15 heavy (non-hydrogen) atoms. The number of benzene rings is 1. The average molecular weight is 209 g/mol. The molecule has 3 N–H and O–H groups in total. The molecular weight excluding hydrogens is 197 g/mol. The molecule has 0 aliphatic carbocycles. The zero-order valence-corrected chi connectivity index (χ0v) is 8.16. The van der Waals surface area contributed by atoms with Crippen LogP contribution in [-0.4, -0.2) is 19.2 Å². The van der Waals surface area contributed by atoms with Gasteiger partial charge in [0.15, 0.2) is 5.82 Å². The van der Waals surface area contributed by atoms with Crippen LogP contribution in [0, 0.1) is 5.82 Å². The Kier molecular flexibility index (Phi) is 2.71. The maximum atomic E-state index is 13.4. The number of halogens is 1. The lowest BCUT2D eigenvalue weighted by atomic mass is 10.2. The van der Waals surface area contributed by atoms with Crippen molar-refractivity contribution in [3.63, 3.8) is 0 Å². The first kappa shape index (κ1) is 9.76. The molecule has 0 unspecified atom stereocenters. The van der Waals surface area contributed by atoms with Crippen molar-refractivity contribution in [3.05, 3.63) is 29.6 Å². The summed E-state index contributed by atoms with van der Waals surface area (Å²) in [7, 11) is 0. The molecule has 1 aromatic carbocycles. The summed E-state index contributed by atoms with van der Waals surface area (Å²) >= 11 is 0. The molecule has 80 valence electrons. The third-order valence-corrected chi connectivity index (χ3v) is 2.12. The number of ether oxygens (including phenoxy) is 1. The summed E-state index contributed by atoms with van der Waals surface area (Å²) in [4.78, 5) is 4.03. The molecule has 2 rings (SSSR count). The lowest BCUT2D eigenvalue weighted by molar-refractivity contribution is 0.331. The monoisotopic (exact) mass is 209 g/mol. The second-order valence-corrected chi connectivity index (χ2v) is 3.21. The summed E-state index contributed by atoms with van der Waals surface area (Å²) in [5, 5.41) is 2.90. The van der Waals surface area contributed by atoms with Crippen molar-refractivity contribution in [2.75, 3.05) is 18.9 Å². The van der Waals surface area contributed by atoms with Gasteiger partial charge in [-0.15, -0.1) is 0 Å². The van der Waals surface area contributed by atoms with Crippen LogP contribution >= 0.6 is 0 Å². The van der Waals surface area contributed by atoms with Gasteiger partial charge in [0.1, 0.15) is 6.61 Å². The van der Waals surface area contributed by atoms with E-state index in [0.717, 1.165) is 0 Å². The Hall–Kier alpha value is -1.78. The average Bonchev–Trinajstić information content (AvgIpc) is 2.73. The Morgan fingerprint density at radius 3 is 3.13 bits per heavy atom. The number of rotatable bonds is 2. The first-order chi connectivity index (χ1) is 7.27. The van der Waals surface area contributed by atoms with Crippen LogP contribution in [0.5, 0.6) is 0 Å². The Morgan fingerprint density at radius 2 is 2.40 bits per heavy atom. The predicted octanol–water partition coefficient (Wildman–Crippen LogP) is 0.884. The van der Waals surface area contributed by atoms with E-state index in [1.807, 2.05) is 0 Å². The van der Waals surface area contributed by atoms with Crippen molar-refractivity contribution in [2.45, 2.75) is 6.54 Å². The minimum Gasteiger partial charge on any atom is -0.463 e.